The normalized spacial score (nSPS) is 24.5. The molecule has 0 aliphatic heterocycles. The summed E-state index contributed by atoms with van der Waals surface area (Å²) in [4.78, 5) is 12.4. The van der Waals surface area contributed by atoms with Crippen molar-refractivity contribution in [2.24, 2.45) is 17.3 Å². The standard InChI is InChI=1S/C20H34O3/c1-6-8-16-12-17(9-7-2)18(10-11-23-5)20(14-16,19(21)22)13-15(3)4/h12,14-15,18H,6-11,13H2,1-5H3,(H,21,22). The minimum Gasteiger partial charge on any atom is -0.481 e. The zero-order valence-electron chi connectivity index (χ0n) is 15.5. The number of hydrogen-bond acceptors (Lipinski definition) is 2. The largest absolute Gasteiger partial charge is 0.481 e. The third kappa shape index (κ3) is 4.94. The van der Waals surface area contributed by atoms with Gasteiger partial charge in [0.1, 0.15) is 0 Å². The molecule has 0 saturated heterocycles. The number of carbonyl (C=O) groups is 1. The van der Waals surface area contributed by atoms with Gasteiger partial charge in [-0.1, -0.05) is 63.8 Å². The Morgan fingerprint density at radius 1 is 1.30 bits per heavy atom. The number of allylic oxidation sites excluding steroid dienone is 3. The van der Waals surface area contributed by atoms with Crippen LogP contribution in [-0.2, 0) is 9.53 Å². The number of hydrogen-bond donors (Lipinski definition) is 1. The van der Waals surface area contributed by atoms with Crippen molar-refractivity contribution in [3.8, 4) is 0 Å². The Morgan fingerprint density at radius 2 is 1.96 bits per heavy atom. The van der Waals surface area contributed by atoms with Gasteiger partial charge in [0, 0.05) is 19.6 Å². The van der Waals surface area contributed by atoms with Crippen LogP contribution in [0.25, 0.3) is 0 Å². The highest BCUT2D eigenvalue weighted by Crippen LogP contribution is 2.48. The van der Waals surface area contributed by atoms with Crippen molar-refractivity contribution in [3.05, 3.63) is 23.3 Å². The first kappa shape index (κ1) is 20.0. The second kappa shape index (κ2) is 9.27. The monoisotopic (exact) mass is 322 g/mol. The van der Waals surface area contributed by atoms with Crippen LogP contribution in [0.2, 0.25) is 0 Å². The lowest BCUT2D eigenvalue weighted by atomic mass is 9.62. The van der Waals surface area contributed by atoms with E-state index in [1.165, 1.54) is 11.1 Å². The van der Waals surface area contributed by atoms with Crippen LogP contribution in [0.3, 0.4) is 0 Å². The molecule has 2 atom stereocenters. The van der Waals surface area contributed by atoms with Crippen LogP contribution in [0.1, 0.15) is 66.2 Å². The first-order valence-corrected chi connectivity index (χ1v) is 9.05. The quantitative estimate of drug-likeness (QED) is 0.599. The molecule has 132 valence electrons. The molecule has 3 nitrogen and oxygen atoms in total. The van der Waals surface area contributed by atoms with Crippen molar-refractivity contribution < 1.29 is 14.6 Å². The van der Waals surface area contributed by atoms with Crippen LogP contribution in [0.15, 0.2) is 23.3 Å². The summed E-state index contributed by atoms with van der Waals surface area (Å²) in [6.07, 6.45) is 9.82. The number of carboxylic acid groups (broad SMARTS) is 1. The molecule has 1 aliphatic rings. The van der Waals surface area contributed by atoms with Gasteiger partial charge in [-0.15, -0.1) is 0 Å². The number of aliphatic carboxylic acids is 1. The molecule has 0 radical (unpaired) electrons. The van der Waals surface area contributed by atoms with Gasteiger partial charge in [0.25, 0.3) is 0 Å². The molecule has 0 aromatic heterocycles. The van der Waals surface area contributed by atoms with Gasteiger partial charge in [0.2, 0.25) is 0 Å². The number of rotatable bonds is 10. The maximum atomic E-state index is 12.4. The van der Waals surface area contributed by atoms with E-state index in [0.29, 0.717) is 18.9 Å². The lowest BCUT2D eigenvalue weighted by Crippen LogP contribution is -2.41. The van der Waals surface area contributed by atoms with Crippen LogP contribution in [0, 0.1) is 17.3 Å². The number of methoxy groups -OCH3 is 1. The van der Waals surface area contributed by atoms with Gasteiger partial charge in [-0.25, -0.2) is 0 Å². The third-order valence-electron chi connectivity index (χ3n) is 4.72. The van der Waals surface area contributed by atoms with E-state index in [-0.39, 0.29) is 5.92 Å². The first-order valence-electron chi connectivity index (χ1n) is 9.05. The van der Waals surface area contributed by atoms with Crippen molar-refractivity contribution in [2.45, 2.75) is 66.2 Å². The van der Waals surface area contributed by atoms with Crippen LogP contribution in [0.5, 0.6) is 0 Å². The van der Waals surface area contributed by atoms with E-state index in [9.17, 15) is 9.90 Å². The Kier molecular flexibility index (Phi) is 8.04. The highest BCUT2D eigenvalue weighted by Gasteiger charge is 2.47. The molecule has 3 heteroatoms. The maximum absolute atomic E-state index is 12.4. The van der Waals surface area contributed by atoms with Crippen molar-refractivity contribution >= 4 is 5.97 Å². The van der Waals surface area contributed by atoms with E-state index in [0.717, 1.165) is 32.1 Å². The van der Waals surface area contributed by atoms with E-state index >= 15 is 0 Å². The maximum Gasteiger partial charge on any atom is 0.314 e. The van der Waals surface area contributed by atoms with Crippen LogP contribution in [-0.4, -0.2) is 24.8 Å². The van der Waals surface area contributed by atoms with E-state index in [2.05, 4.69) is 39.8 Å². The smallest absolute Gasteiger partial charge is 0.314 e. The minimum atomic E-state index is -0.781. The summed E-state index contributed by atoms with van der Waals surface area (Å²) in [5, 5.41) is 10.2. The van der Waals surface area contributed by atoms with E-state index in [1.54, 1.807) is 7.11 Å². The van der Waals surface area contributed by atoms with E-state index in [1.807, 2.05) is 0 Å². The fourth-order valence-electron chi connectivity index (χ4n) is 3.96. The predicted octanol–water partition coefficient (Wildman–Crippen LogP) is 5.22. The topological polar surface area (TPSA) is 46.5 Å². The summed E-state index contributed by atoms with van der Waals surface area (Å²) in [7, 11) is 1.69. The van der Waals surface area contributed by atoms with Crippen LogP contribution in [0.4, 0.5) is 0 Å². The predicted molar refractivity (Wildman–Crippen MR) is 95.5 cm³/mol. The molecule has 1 N–H and O–H groups in total. The van der Waals surface area contributed by atoms with Gasteiger partial charge in [0.15, 0.2) is 0 Å². The molecule has 0 aromatic rings. The molecule has 1 rings (SSSR count). The molecular weight excluding hydrogens is 288 g/mol. The molecular formula is C20H34O3. The minimum absolute atomic E-state index is 0.0444. The Morgan fingerprint density at radius 3 is 2.43 bits per heavy atom. The average Bonchev–Trinajstić information content (AvgIpc) is 2.46. The lowest BCUT2D eigenvalue weighted by molar-refractivity contribution is -0.150. The molecule has 2 unspecified atom stereocenters. The van der Waals surface area contributed by atoms with E-state index in [4.69, 9.17) is 4.74 Å². The highest BCUT2D eigenvalue weighted by atomic mass is 16.5. The molecule has 0 aromatic carbocycles. The summed E-state index contributed by atoms with van der Waals surface area (Å²) in [5.74, 6) is -0.290. The second-order valence-corrected chi connectivity index (χ2v) is 7.22. The summed E-state index contributed by atoms with van der Waals surface area (Å²) in [6, 6.07) is 0. The fourth-order valence-corrected chi connectivity index (χ4v) is 3.96. The first-order chi connectivity index (χ1) is 10.9. The summed E-state index contributed by atoms with van der Waals surface area (Å²) in [6.45, 7) is 9.15. The van der Waals surface area contributed by atoms with E-state index < -0.39 is 11.4 Å². The van der Waals surface area contributed by atoms with Crippen LogP contribution >= 0.6 is 0 Å². The summed E-state index contributed by atoms with van der Waals surface area (Å²) >= 11 is 0. The average molecular weight is 322 g/mol. The Labute approximate surface area is 141 Å². The molecule has 1 aliphatic carbocycles. The van der Waals surface area contributed by atoms with Crippen molar-refractivity contribution in [1.82, 2.24) is 0 Å². The zero-order valence-corrected chi connectivity index (χ0v) is 15.5. The van der Waals surface area contributed by atoms with Gasteiger partial charge in [-0.3, -0.25) is 4.79 Å². The molecule has 0 saturated carbocycles. The van der Waals surface area contributed by atoms with Crippen LogP contribution < -0.4 is 0 Å². The van der Waals surface area contributed by atoms with Gasteiger partial charge in [0.05, 0.1) is 5.41 Å². The molecule has 0 heterocycles. The SMILES string of the molecule is CCCC1=CC(CC(C)C)(C(=O)O)C(CCOC)C(CCC)=C1. The van der Waals surface area contributed by atoms with Gasteiger partial charge < -0.3 is 9.84 Å². The highest BCUT2D eigenvalue weighted by molar-refractivity contribution is 5.79. The van der Waals surface area contributed by atoms with Crippen molar-refractivity contribution in [1.29, 1.82) is 0 Å². The Balaban J connectivity index is 3.35. The Hall–Kier alpha value is -1.09. The third-order valence-corrected chi connectivity index (χ3v) is 4.72. The summed E-state index contributed by atoms with van der Waals surface area (Å²) < 4.78 is 5.28. The van der Waals surface area contributed by atoms with Gasteiger partial charge in [-0.05, 0) is 31.6 Å². The molecule has 0 bridgehead atoms. The second-order valence-electron chi connectivity index (χ2n) is 7.22. The molecule has 0 spiro atoms. The Bertz CT molecular complexity index is 448. The number of ether oxygens (including phenoxy) is 1. The zero-order chi connectivity index (χ0) is 17.5. The molecule has 23 heavy (non-hydrogen) atoms. The van der Waals surface area contributed by atoms with Gasteiger partial charge >= 0.3 is 5.97 Å². The van der Waals surface area contributed by atoms with Gasteiger partial charge in [-0.2, -0.15) is 0 Å². The fraction of sp³-hybridized carbons (Fsp3) is 0.750. The van der Waals surface area contributed by atoms with Crippen molar-refractivity contribution in [2.75, 3.05) is 13.7 Å². The molecule has 0 fully saturated rings. The van der Waals surface area contributed by atoms with Crippen molar-refractivity contribution in [3.63, 3.8) is 0 Å². The molecule has 0 amide bonds. The summed E-state index contributed by atoms with van der Waals surface area (Å²) in [5.41, 5.74) is 1.72. The number of carboxylic acids is 1. The lowest BCUT2D eigenvalue weighted by Gasteiger charge is -2.41.